The lowest BCUT2D eigenvalue weighted by Gasteiger charge is -2.30. The van der Waals surface area contributed by atoms with E-state index in [1.165, 1.54) is 4.31 Å². The van der Waals surface area contributed by atoms with Crippen molar-refractivity contribution in [3.63, 3.8) is 0 Å². The van der Waals surface area contributed by atoms with Gasteiger partial charge in [0.2, 0.25) is 10.0 Å². The number of nitrogens with zero attached hydrogens (tertiary/aromatic N) is 1. The molecule has 29 heavy (non-hydrogen) atoms. The van der Waals surface area contributed by atoms with Crippen LogP contribution >= 0.6 is 0 Å². The lowest BCUT2D eigenvalue weighted by Crippen LogP contribution is -2.48. The average molecular weight is 414 g/mol. The lowest BCUT2D eigenvalue weighted by molar-refractivity contribution is -0.151. The molecule has 0 saturated heterocycles. The van der Waals surface area contributed by atoms with E-state index in [-0.39, 0.29) is 24.0 Å². The number of esters is 1. The molecule has 0 amide bonds. The van der Waals surface area contributed by atoms with Gasteiger partial charge in [-0.15, -0.1) is 0 Å². The van der Waals surface area contributed by atoms with Gasteiger partial charge in [-0.05, 0) is 42.0 Å². The highest BCUT2D eigenvalue weighted by Crippen LogP contribution is 2.34. The Bertz CT molecular complexity index is 1030. The fraction of sp³-hybridized carbons (Fsp3) is 0.348. The number of aryl methyl sites for hydroxylation is 1. The Hall–Kier alpha value is -2.44. The summed E-state index contributed by atoms with van der Waals surface area (Å²) in [6, 6.07) is 13.6. The van der Waals surface area contributed by atoms with Crippen molar-refractivity contribution < 1.29 is 17.9 Å². The van der Waals surface area contributed by atoms with Crippen LogP contribution in [0.3, 0.4) is 0 Å². The van der Waals surface area contributed by atoms with E-state index < -0.39 is 22.0 Å². The molecule has 1 aliphatic heterocycles. The second-order valence-electron chi connectivity index (χ2n) is 7.75. The lowest BCUT2D eigenvalue weighted by atomic mass is 10.0. The zero-order valence-corrected chi connectivity index (χ0v) is 17.9. The molecule has 6 heteroatoms. The van der Waals surface area contributed by atoms with Crippen molar-refractivity contribution in [2.75, 3.05) is 6.54 Å². The van der Waals surface area contributed by atoms with Crippen molar-refractivity contribution in [3.05, 3.63) is 71.8 Å². The van der Waals surface area contributed by atoms with Gasteiger partial charge in [-0.3, -0.25) is 4.79 Å². The van der Waals surface area contributed by atoms with Crippen molar-refractivity contribution in [1.82, 2.24) is 4.31 Å². The van der Waals surface area contributed by atoms with Gasteiger partial charge in [-0.25, -0.2) is 8.42 Å². The number of carbonyl (C=O) groups is 1. The standard InChI is InChI=1S/C23H27NO4S/c1-16(2)22(23(25)28-15-19-9-7-8-17(3)14-19)24-13-12-18(4)20-10-5-6-11-21(20)29(24,26)27/h5-11,14,16,22H,4,12-13,15H2,1-3H3/t22-/m0/s1. The second kappa shape index (κ2) is 8.51. The highest BCUT2D eigenvalue weighted by molar-refractivity contribution is 7.89. The molecule has 0 unspecified atom stereocenters. The molecule has 0 aliphatic carbocycles. The fourth-order valence-corrected chi connectivity index (χ4v) is 5.62. The van der Waals surface area contributed by atoms with Gasteiger partial charge in [0, 0.05) is 6.54 Å². The summed E-state index contributed by atoms with van der Waals surface area (Å²) < 4.78 is 33.7. The molecule has 5 nitrogen and oxygen atoms in total. The Labute approximate surface area is 173 Å². The molecule has 1 heterocycles. The first-order valence-corrected chi connectivity index (χ1v) is 11.2. The minimum Gasteiger partial charge on any atom is -0.460 e. The number of ether oxygens (including phenoxy) is 1. The largest absolute Gasteiger partial charge is 0.460 e. The van der Waals surface area contributed by atoms with Gasteiger partial charge in [0.15, 0.2) is 0 Å². The maximum Gasteiger partial charge on any atom is 0.325 e. The Kier molecular flexibility index (Phi) is 6.24. The third kappa shape index (κ3) is 4.43. The van der Waals surface area contributed by atoms with Gasteiger partial charge in [-0.1, -0.05) is 68.5 Å². The summed E-state index contributed by atoms with van der Waals surface area (Å²) in [4.78, 5) is 13.2. The van der Waals surface area contributed by atoms with Gasteiger partial charge in [0.05, 0.1) is 4.90 Å². The molecule has 0 saturated carbocycles. The predicted octanol–water partition coefficient (Wildman–Crippen LogP) is 4.17. The number of benzene rings is 2. The molecule has 0 spiro atoms. The van der Waals surface area contributed by atoms with Crippen LogP contribution in [0.4, 0.5) is 0 Å². The number of fused-ring (bicyclic) bond motifs is 1. The van der Waals surface area contributed by atoms with Crippen LogP contribution in [0.1, 0.15) is 37.0 Å². The SMILES string of the molecule is C=C1CCN([C@H](C(=O)OCc2cccc(C)c2)C(C)C)S(=O)(=O)c2ccccc21. The van der Waals surface area contributed by atoms with Crippen LogP contribution in [-0.2, 0) is 26.2 Å². The molecule has 0 radical (unpaired) electrons. The maximum absolute atomic E-state index is 13.4. The molecule has 2 aromatic rings. The van der Waals surface area contributed by atoms with Crippen molar-refractivity contribution in [2.45, 2.75) is 44.7 Å². The Morgan fingerprint density at radius 1 is 1.17 bits per heavy atom. The third-order valence-corrected chi connectivity index (χ3v) is 7.07. The summed E-state index contributed by atoms with van der Waals surface area (Å²) in [7, 11) is -3.86. The minimum atomic E-state index is -3.86. The molecule has 154 valence electrons. The molecule has 1 aliphatic rings. The molecule has 0 aromatic heterocycles. The Morgan fingerprint density at radius 2 is 1.90 bits per heavy atom. The van der Waals surface area contributed by atoms with E-state index in [2.05, 4.69) is 6.58 Å². The van der Waals surface area contributed by atoms with Crippen LogP contribution < -0.4 is 0 Å². The summed E-state index contributed by atoms with van der Waals surface area (Å²) in [6.07, 6.45) is 0.463. The van der Waals surface area contributed by atoms with E-state index >= 15 is 0 Å². The van der Waals surface area contributed by atoms with Crippen LogP contribution in [0, 0.1) is 12.8 Å². The molecular weight excluding hydrogens is 386 g/mol. The van der Waals surface area contributed by atoms with Crippen molar-refractivity contribution in [2.24, 2.45) is 5.92 Å². The van der Waals surface area contributed by atoms with Gasteiger partial charge in [-0.2, -0.15) is 4.31 Å². The highest BCUT2D eigenvalue weighted by Gasteiger charge is 2.41. The average Bonchev–Trinajstić information content (AvgIpc) is 2.77. The summed E-state index contributed by atoms with van der Waals surface area (Å²) in [5, 5.41) is 0. The quantitative estimate of drug-likeness (QED) is 0.690. The first-order valence-electron chi connectivity index (χ1n) is 9.73. The topological polar surface area (TPSA) is 63.7 Å². The molecule has 3 rings (SSSR count). The van der Waals surface area contributed by atoms with E-state index in [0.717, 1.165) is 16.7 Å². The third-order valence-electron chi connectivity index (χ3n) is 5.14. The first kappa shape index (κ1) is 21.3. The molecular formula is C23H27NO4S. The van der Waals surface area contributed by atoms with Gasteiger partial charge in [0.1, 0.15) is 12.6 Å². The van der Waals surface area contributed by atoms with Crippen molar-refractivity contribution in [3.8, 4) is 0 Å². The van der Waals surface area contributed by atoms with Gasteiger partial charge in [0.25, 0.3) is 0 Å². The molecule has 0 fully saturated rings. The summed E-state index contributed by atoms with van der Waals surface area (Å²) in [5.41, 5.74) is 3.32. The number of hydrogen-bond acceptors (Lipinski definition) is 4. The van der Waals surface area contributed by atoms with E-state index in [9.17, 15) is 13.2 Å². The monoisotopic (exact) mass is 413 g/mol. The van der Waals surface area contributed by atoms with Crippen LogP contribution in [0.2, 0.25) is 0 Å². The minimum absolute atomic E-state index is 0.112. The number of rotatable bonds is 5. The number of hydrogen-bond donors (Lipinski definition) is 0. The van der Waals surface area contributed by atoms with E-state index in [1.807, 2.05) is 45.0 Å². The Balaban J connectivity index is 1.90. The zero-order chi connectivity index (χ0) is 21.2. The first-order chi connectivity index (χ1) is 13.7. The van der Waals surface area contributed by atoms with Crippen molar-refractivity contribution >= 4 is 21.6 Å². The highest BCUT2D eigenvalue weighted by atomic mass is 32.2. The number of carbonyl (C=O) groups excluding carboxylic acids is 1. The van der Waals surface area contributed by atoms with Gasteiger partial charge < -0.3 is 4.74 Å². The van der Waals surface area contributed by atoms with Crippen LogP contribution in [0.25, 0.3) is 5.57 Å². The Morgan fingerprint density at radius 3 is 2.59 bits per heavy atom. The number of sulfonamides is 1. The van der Waals surface area contributed by atoms with Gasteiger partial charge >= 0.3 is 5.97 Å². The molecule has 0 bridgehead atoms. The van der Waals surface area contributed by atoms with E-state index in [0.29, 0.717) is 12.0 Å². The summed E-state index contributed by atoms with van der Waals surface area (Å²) in [5.74, 6) is -0.775. The summed E-state index contributed by atoms with van der Waals surface area (Å²) in [6.45, 7) is 9.98. The van der Waals surface area contributed by atoms with E-state index in [4.69, 9.17) is 4.74 Å². The normalized spacial score (nSPS) is 17.4. The zero-order valence-electron chi connectivity index (χ0n) is 17.1. The predicted molar refractivity (Wildman–Crippen MR) is 114 cm³/mol. The molecule has 1 atom stereocenters. The van der Waals surface area contributed by atoms with Crippen molar-refractivity contribution in [1.29, 1.82) is 0 Å². The van der Waals surface area contributed by atoms with Crippen LogP contribution in [-0.4, -0.2) is 31.3 Å². The summed E-state index contributed by atoms with van der Waals surface area (Å²) >= 11 is 0. The molecule has 2 aromatic carbocycles. The smallest absolute Gasteiger partial charge is 0.325 e. The second-order valence-corrected chi connectivity index (χ2v) is 9.61. The van der Waals surface area contributed by atoms with Crippen LogP contribution in [0.15, 0.2) is 60.0 Å². The van der Waals surface area contributed by atoms with Crippen LogP contribution in [0.5, 0.6) is 0 Å². The fourth-order valence-electron chi connectivity index (χ4n) is 3.66. The van der Waals surface area contributed by atoms with E-state index in [1.54, 1.807) is 24.3 Å². The molecule has 0 N–H and O–H groups in total. The maximum atomic E-state index is 13.4.